The average Bonchev–Trinajstić information content (AvgIpc) is 3.10. The second kappa shape index (κ2) is 14.3. The Hall–Kier alpha value is -0.770. The van der Waals surface area contributed by atoms with Gasteiger partial charge in [-0.15, -0.1) is 24.0 Å². The van der Waals surface area contributed by atoms with Gasteiger partial charge in [-0.3, -0.25) is 0 Å². The molecule has 0 bridgehead atoms. The monoisotopic (exact) mass is 511 g/mol. The van der Waals surface area contributed by atoms with E-state index in [4.69, 9.17) is 25.8 Å². The highest BCUT2D eigenvalue weighted by atomic mass is 127. The highest BCUT2D eigenvalue weighted by Gasteiger charge is 2.24. The number of hydrogen-bond acceptors (Lipinski definition) is 4. The number of methoxy groups -OCH3 is 1. The quantitative estimate of drug-likeness (QED) is 0.226. The summed E-state index contributed by atoms with van der Waals surface area (Å²) in [7, 11) is 1.69. The van der Waals surface area contributed by atoms with Gasteiger partial charge < -0.3 is 24.4 Å². The summed E-state index contributed by atoms with van der Waals surface area (Å²) in [4.78, 5) is 6.99. The molecule has 1 saturated heterocycles. The van der Waals surface area contributed by atoms with Gasteiger partial charge in [0.25, 0.3) is 0 Å². The molecule has 0 aromatic heterocycles. The maximum Gasteiger partial charge on any atom is 0.194 e. The van der Waals surface area contributed by atoms with Crippen LogP contribution in [0.1, 0.15) is 13.3 Å². The van der Waals surface area contributed by atoms with Crippen LogP contribution in [0.2, 0.25) is 5.02 Å². The van der Waals surface area contributed by atoms with E-state index < -0.39 is 0 Å². The van der Waals surface area contributed by atoms with Gasteiger partial charge in [0.05, 0.1) is 26.4 Å². The van der Waals surface area contributed by atoms with Gasteiger partial charge in [0.1, 0.15) is 12.4 Å². The Bertz CT molecular complexity index is 563. The molecule has 8 heteroatoms. The molecule has 1 aliphatic rings. The molecule has 0 amide bonds. The third-order valence-corrected chi connectivity index (χ3v) is 4.36. The summed E-state index contributed by atoms with van der Waals surface area (Å²) >= 11 is 5.96. The van der Waals surface area contributed by atoms with Crippen LogP contribution in [0, 0.1) is 5.92 Å². The molecule has 0 spiro atoms. The topological polar surface area (TPSA) is 55.3 Å². The molecule has 0 saturated carbocycles. The lowest BCUT2D eigenvalue weighted by Crippen LogP contribution is -2.40. The number of nitrogens with zero attached hydrogens (tertiary/aromatic N) is 2. The van der Waals surface area contributed by atoms with Crippen molar-refractivity contribution >= 4 is 41.5 Å². The van der Waals surface area contributed by atoms with E-state index in [1.54, 1.807) is 7.11 Å². The van der Waals surface area contributed by atoms with Crippen LogP contribution < -0.4 is 10.1 Å². The first-order valence-corrected chi connectivity index (χ1v) is 9.59. The smallest absolute Gasteiger partial charge is 0.194 e. The number of aliphatic imine (C=N–C) groups is 1. The molecule has 2 rings (SSSR count). The molecule has 1 fully saturated rings. The fourth-order valence-electron chi connectivity index (χ4n) is 2.85. The van der Waals surface area contributed by atoms with Crippen molar-refractivity contribution < 1.29 is 14.2 Å². The minimum atomic E-state index is 0. The number of rotatable bonds is 10. The average molecular weight is 512 g/mol. The molecular formula is C19H31ClIN3O3. The molecule has 1 unspecified atom stereocenters. The van der Waals surface area contributed by atoms with Crippen molar-refractivity contribution in [3.05, 3.63) is 29.3 Å². The van der Waals surface area contributed by atoms with Gasteiger partial charge in [0.2, 0.25) is 0 Å². The first-order chi connectivity index (χ1) is 12.7. The Labute approximate surface area is 184 Å². The third-order valence-electron chi connectivity index (χ3n) is 4.12. The standard InChI is InChI=1S/C19H30ClN3O3.HI/c1-3-21-19(22-8-10-26-18-6-4-5-17(20)13-18)23-9-7-16(14-23)15-25-12-11-24-2;/h4-6,13,16H,3,7-12,14-15H2,1-2H3,(H,21,22);1H. The van der Waals surface area contributed by atoms with Gasteiger partial charge in [-0.05, 0) is 31.5 Å². The van der Waals surface area contributed by atoms with Crippen molar-refractivity contribution in [3.8, 4) is 5.75 Å². The van der Waals surface area contributed by atoms with Gasteiger partial charge in [0, 0.05) is 37.7 Å². The zero-order chi connectivity index (χ0) is 18.6. The van der Waals surface area contributed by atoms with Crippen molar-refractivity contribution in [1.29, 1.82) is 0 Å². The number of ether oxygens (including phenoxy) is 3. The van der Waals surface area contributed by atoms with E-state index in [0.29, 0.717) is 37.3 Å². The van der Waals surface area contributed by atoms with Crippen molar-refractivity contribution in [3.63, 3.8) is 0 Å². The second-order valence-corrected chi connectivity index (χ2v) is 6.65. The van der Waals surface area contributed by atoms with Crippen molar-refractivity contribution in [1.82, 2.24) is 10.2 Å². The number of likely N-dealkylation sites (tertiary alicyclic amines) is 1. The third kappa shape index (κ3) is 9.32. The molecule has 1 heterocycles. The van der Waals surface area contributed by atoms with E-state index in [1.165, 1.54) is 0 Å². The van der Waals surface area contributed by atoms with Crippen molar-refractivity contribution in [2.45, 2.75) is 13.3 Å². The Balaban J connectivity index is 0.00000364. The summed E-state index contributed by atoms with van der Waals surface area (Å²) in [6.45, 7) is 8.09. The van der Waals surface area contributed by atoms with Crippen molar-refractivity contribution in [2.75, 3.05) is 59.7 Å². The van der Waals surface area contributed by atoms with Crippen LogP contribution >= 0.6 is 35.6 Å². The molecule has 1 aromatic carbocycles. The first kappa shape index (κ1) is 24.3. The first-order valence-electron chi connectivity index (χ1n) is 9.21. The predicted molar refractivity (Wildman–Crippen MR) is 121 cm³/mol. The van der Waals surface area contributed by atoms with Crippen LogP contribution in [-0.2, 0) is 9.47 Å². The largest absolute Gasteiger partial charge is 0.492 e. The number of nitrogens with one attached hydrogen (secondary N) is 1. The van der Waals surface area contributed by atoms with Crippen LogP contribution in [0.15, 0.2) is 29.3 Å². The summed E-state index contributed by atoms with van der Waals surface area (Å²) in [6, 6.07) is 7.42. The minimum absolute atomic E-state index is 0. The molecule has 1 aromatic rings. The lowest BCUT2D eigenvalue weighted by molar-refractivity contribution is 0.0536. The number of guanidine groups is 1. The molecule has 1 N–H and O–H groups in total. The second-order valence-electron chi connectivity index (χ2n) is 6.21. The van der Waals surface area contributed by atoms with Crippen molar-refractivity contribution in [2.24, 2.45) is 10.9 Å². The van der Waals surface area contributed by atoms with E-state index in [0.717, 1.165) is 44.4 Å². The van der Waals surface area contributed by atoms with E-state index in [-0.39, 0.29) is 24.0 Å². The van der Waals surface area contributed by atoms with Crippen LogP contribution in [0.4, 0.5) is 0 Å². The Morgan fingerprint density at radius 3 is 2.93 bits per heavy atom. The molecule has 6 nitrogen and oxygen atoms in total. The summed E-state index contributed by atoms with van der Waals surface area (Å²) in [5.74, 6) is 2.26. The van der Waals surface area contributed by atoms with Gasteiger partial charge in [0.15, 0.2) is 5.96 Å². The van der Waals surface area contributed by atoms with E-state index in [1.807, 2.05) is 24.3 Å². The van der Waals surface area contributed by atoms with E-state index in [2.05, 4.69) is 22.1 Å². The molecule has 0 aliphatic carbocycles. The summed E-state index contributed by atoms with van der Waals surface area (Å²) in [5.41, 5.74) is 0. The lowest BCUT2D eigenvalue weighted by Gasteiger charge is -2.21. The van der Waals surface area contributed by atoms with Crippen LogP contribution in [0.5, 0.6) is 5.75 Å². The minimum Gasteiger partial charge on any atom is -0.492 e. The SMILES string of the molecule is CCNC(=NCCOc1cccc(Cl)c1)N1CCC(COCCOC)C1.I. The fraction of sp³-hybridized carbons (Fsp3) is 0.632. The summed E-state index contributed by atoms with van der Waals surface area (Å²) in [5, 5.41) is 4.04. The van der Waals surface area contributed by atoms with E-state index in [9.17, 15) is 0 Å². The number of halogens is 2. The Kier molecular flexibility index (Phi) is 12.8. The van der Waals surface area contributed by atoms with Crippen LogP contribution in [-0.4, -0.2) is 70.6 Å². The normalized spacial score (nSPS) is 16.9. The molecule has 154 valence electrons. The molecular weight excluding hydrogens is 481 g/mol. The van der Waals surface area contributed by atoms with Gasteiger partial charge in [-0.25, -0.2) is 4.99 Å². The zero-order valence-electron chi connectivity index (χ0n) is 16.2. The lowest BCUT2D eigenvalue weighted by atomic mass is 10.1. The van der Waals surface area contributed by atoms with Crippen LogP contribution in [0.25, 0.3) is 0 Å². The maximum atomic E-state index is 5.96. The molecule has 1 atom stereocenters. The highest BCUT2D eigenvalue weighted by molar-refractivity contribution is 14.0. The predicted octanol–water partition coefficient (Wildman–Crippen LogP) is 3.29. The van der Waals surface area contributed by atoms with E-state index >= 15 is 0 Å². The number of benzene rings is 1. The molecule has 0 radical (unpaired) electrons. The van der Waals surface area contributed by atoms with Crippen LogP contribution in [0.3, 0.4) is 0 Å². The Morgan fingerprint density at radius 2 is 2.19 bits per heavy atom. The fourth-order valence-corrected chi connectivity index (χ4v) is 3.03. The zero-order valence-corrected chi connectivity index (χ0v) is 19.2. The highest BCUT2D eigenvalue weighted by Crippen LogP contribution is 2.18. The van der Waals surface area contributed by atoms with Gasteiger partial charge >= 0.3 is 0 Å². The molecule has 1 aliphatic heterocycles. The molecule has 27 heavy (non-hydrogen) atoms. The summed E-state index contributed by atoms with van der Waals surface area (Å²) in [6.07, 6.45) is 1.12. The van der Waals surface area contributed by atoms with Gasteiger partial charge in [-0.2, -0.15) is 0 Å². The Morgan fingerprint density at radius 1 is 1.33 bits per heavy atom. The summed E-state index contributed by atoms with van der Waals surface area (Å²) < 4.78 is 16.4. The maximum absolute atomic E-state index is 5.96. The number of hydrogen-bond donors (Lipinski definition) is 1. The van der Waals surface area contributed by atoms with Gasteiger partial charge in [-0.1, -0.05) is 17.7 Å².